The van der Waals surface area contributed by atoms with E-state index in [4.69, 9.17) is 0 Å². The third-order valence-electron chi connectivity index (χ3n) is 5.19. The van der Waals surface area contributed by atoms with E-state index in [1.165, 1.54) is 55.5 Å². The highest BCUT2D eigenvalue weighted by molar-refractivity contribution is 6.02. The SMILES string of the molecule is Cc1c(N(C)C)c(C)c2c(C)c(C)c(N(C)C)c(C)c2c1C. The van der Waals surface area contributed by atoms with Crippen LogP contribution in [0.1, 0.15) is 33.4 Å². The van der Waals surface area contributed by atoms with Crippen LogP contribution in [0.25, 0.3) is 10.8 Å². The first-order chi connectivity index (χ1) is 10.1. The number of benzene rings is 2. The summed E-state index contributed by atoms with van der Waals surface area (Å²) >= 11 is 0. The van der Waals surface area contributed by atoms with Crippen LogP contribution in [-0.4, -0.2) is 28.2 Å². The van der Waals surface area contributed by atoms with E-state index in [2.05, 4.69) is 79.5 Å². The van der Waals surface area contributed by atoms with Crippen molar-refractivity contribution in [2.75, 3.05) is 38.0 Å². The standard InChI is InChI=1S/C20H30N2/c1-11-13(3)19(21(7)8)16(6)18-12(2)14(4)20(22(9)10)15(5)17(11)18/h1-10H3. The quantitative estimate of drug-likeness (QED) is 0.784. The average Bonchev–Trinajstić information content (AvgIpc) is 2.39. The third kappa shape index (κ3) is 2.16. The number of fused-ring (bicyclic) bond motifs is 1. The topological polar surface area (TPSA) is 6.48 Å². The lowest BCUT2D eigenvalue weighted by atomic mass is 9.85. The van der Waals surface area contributed by atoms with Gasteiger partial charge in [-0.15, -0.1) is 0 Å². The van der Waals surface area contributed by atoms with Gasteiger partial charge < -0.3 is 9.80 Å². The monoisotopic (exact) mass is 298 g/mol. The predicted molar refractivity (Wildman–Crippen MR) is 101 cm³/mol. The van der Waals surface area contributed by atoms with Crippen LogP contribution < -0.4 is 9.80 Å². The molecule has 0 bridgehead atoms. The minimum atomic E-state index is 1.37. The smallest absolute Gasteiger partial charge is 0.0429 e. The van der Waals surface area contributed by atoms with Crippen molar-refractivity contribution in [2.45, 2.75) is 41.5 Å². The average molecular weight is 298 g/mol. The first-order valence-corrected chi connectivity index (χ1v) is 7.99. The van der Waals surface area contributed by atoms with E-state index < -0.39 is 0 Å². The van der Waals surface area contributed by atoms with E-state index in [0.717, 1.165) is 0 Å². The van der Waals surface area contributed by atoms with Gasteiger partial charge in [-0.1, -0.05) is 0 Å². The zero-order chi connectivity index (χ0) is 16.9. The molecule has 0 aliphatic rings. The Morgan fingerprint density at radius 1 is 0.409 bits per heavy atom. The summed E-state index contributed by atoms with van der Waals surface area (Å²) in [6.45, 7) is 13.6. The molecular formula is C20H30N2. The van der Waals surface area contributed by atoms with Crippen molar-refractivity contribution in [1.82, 2.24) is 0 Å². The number of hydrogen-bond donors (Lipinski definition) is 0. The molecule has 0 unspecified atom stereocenters. The van der Waals surface area contributed by atoms with E-state index in [1.807, 2.05) is 0 Å². The molecule has 0 aromatic heterocycles. The number of rotatable bonds is 2. The summed E-state index contributed by atoms with van der Waals surface area (Å²) in [5, 5.41) is 2.87. The summed E-state index contributed by atoms with van der Waals surface area (Å²) in [4.78, 5) is 4.50. The summed E-state index contributed by atoms with van der Waals surface area (Å²) in [5.74, 6) is 0. The van der Waals surface area contributed by atoms with Crippen molar-refractivity contribution >= 4 is 22.1 Å². The minimum absolute atomic E-state index is 1.37. The molecule has 0 atom stereocenters. The maximum Gasteiger partial charge on any atom is 0.0429 e. The van der Waals surface area contributed by atoms with Gasteiger partial charge in [0.25, 0.3) is 0 Å². The van der Waals surface area contributed by atoms with E-state index in [-0.39, 0.29) is 0 Å². The first kappa shape index (κ1) is 16.7. The summed E-state index contributed by atoms with van der Waals surface area (Å²) < 4.78 is 0. The van der Waals surface area contributed by atoms with E-state index in [9.17, 15) is 0 Å². The summed E-state index contributed by atoms with van der Waals surface area (Å²) in [5.41, 5.74) is 11.1. The molecule has 0 amide bonds. The predicted octanol–water partition coefficient (Wildman–Crippen LogP) is 4.82. The van der Waals surface area contributed by atoms with Crippen LogP contribution in [-0.2, 0) is 0 Å². The van der Waals surface area contributed by atoms with E-state index in [1.54, 1.807) is 0 Å². The fourth-order valence-electron chi connectivity index (χ4n) is 4.18. The molecule has 0 heterocycles. The van der Waals surface area contributed by atoms with Gasteiger partial charge in [0.1, 0.15) is 0 Å². The van der Waals surface area contributed by atoms with Crippen molar-refractivity contribution in [3.63, 3.8) is 0 Å². The van der Waals surface area contributed by atoms with Crippen LogP contribution in [0.3, 0.4) is 0 Å². The molecule has 2 heteroatoms. The molecule has 0 radical (unpaired) electrons. The first-order valence-electron chi connectivity index (χ1n) is 7.99. The van der Waals surface area contributed by atoms with Crippen molar-refractivity contribution in [3.05, 3.63) is 33.4 Å². The lowest BCUT2D eigenvalue weighted by molar-refractivity contribution is 1.08. The van der Waals surface area contributed by atoms with Crippen molar-refractivity contribution in [3.8, 4) is 0 Å². The normalized spacial score (nSPS) is 11.2. The molecule has 0 saturated carbocycles. The largest absolute Gasteiger partial charge is 0.377 e. The second-order valence-corrected chi connectivity index (χ2v) is 6.99. The van der Waals surface area contributed by atoms with Gasteiger partial charge in [-0.3, -0.25) is 0 Å². The van der Waals surface area contributed by atoms with Crippen LogP contribution in [0, 0.1) is 41.5 Å². The third-order valence-corrected chi connectivity index (χ3v) is 5.19. The highest BCUT2D eigenvalue weighted by Crippen LogP contribution is 2.42. The maximum absolute atomic E-state index is 2.27. The van der Waals surface area contributed by atoms with Gasteiger partial charge in [-0.25, -0.2) is 0 Å². The Kier molecular flexibility index (Phi) is 4.16. The Labute approximate surface area is 135 Å². The molecule has 0 aliphatic heterocycles. The van der Waals surface area contributed by atoms with Crippen LogP contribution >= 0.6 is 0 Å². The Morgan fingerprint density at radius 2 is 0.682 bits per heavy atom. The van der Waals surface area contributed by atoms with Gasteiger partial charge in [0, 0.05) is 39.6 Å². The van der Waals surface area contributed by atoms with Gasteiger partial charge in [0.05, 0.1) is 0 Å². The van der Waals surface area contributed by atoms with Gasteiger partial charge in [0.2, 0.25) is 0 Å². The molecule has 0 saturated heterocycles. The van der Waals surface area contributed by atoms with Gasteiger partial charge in [-0.05, 0) is 85.7 Å². The summed E-state index contributed by atoms with van der Waals surface area (Å²) in [7, 11) is 8.57. The highest BCUT2D eigenvalue weighted by Gasteiger charge is 2.20. The Bertz CT molecular complexity index is 688. The molecule has 120 valence electrons. The molecular weight excluding hydrogens is 268 g/mol. The number of nitrogens with zero attached hydrogens (tertiary/aromatic N) is 2. The van der Waals surface area contributed by atoms with Crippen molar-refractivity contribution in [2.24, 2.45) is 0 Å². The van der Waals surface area contributed by atoms with Crippen LogP contribution in [0.2, 0.25) is 0 Å². The Morgan fingerprint density at radius 3 is 0.909 bits per heavy atom. The summed E-state index contributed by atoms with van der Waals surface area (Å²) in [6, 6.07) is 0. The zero-order valence-electron chi connectivity index (χ0n) is 15.9. The van der Waals surface area contributed by atoms with Gasteiger partial charge in [-0.2, -0.15) is 0 Å². The number of hydrogen-bond acceptors (Lipinski definition) is 2. The maximum atomic E-state index is 2.27. The van der Waals surface area contributed by atoms with Crippen LogP contribution in [0.15, 0.2) is 0 Å². The number of anilines is 2. The minimum Gasteiger partial charge on any atom is -0.377 e. The molecule has 0 N–H and O–H groups in total. The summed E-state index contributed by atoms with van der Waals surface area (Å²) in [6.07, 6.45) is 0. The Balaban J connectivity index is 3.15. The van der Waals surface area contributed by atoms with Crippen molar-refractivity contribution in [1.29, 1.82) is 0 Å². The molecule has 2 aromatic rings. The zero-order valence-corrected chi connectivity index (χ0v) is 15.9. The van der Waals surface area contributed by atoms with E-state index in [0.29, 0.717) is 0 Å². The van der Waals surface area contributed by atoms with Crippen LogP contribution in [0.4, 0.5) is 11.4 Å². The second kappa shape index (κ2) is 5.49. The Hall–Kier alpha value is -1.70. The lowest BCUT2D eigenvalue weighted by Gasteiger charge is -2.28. The van der Waals surface area contributed by atoms with Gasteiger partial charge in [0.15, 0.2) is 0 Å². The van der Waals surface area contributed by atoms with Crippen molar-refractivity contribution < 1.29 is 0 Å². The molecule has 2 nitrogen and oxygen atoms in total. The second-order valence-electron chi connectivity index (χ2n) is 6.99. The van der Waals surface area contributed by atoms with Gasteiger partial charge >= 0.3 is 0 Å². The fraction of sp³-hybridized carbons (Fsp3) is 0.500. The number of aryl methyl sites for hydroxylation is 4. The molecule has 0 spiro atoms. The van der Waals surface area contributed by atoms with E-state index >= 15 is 0 Å². The fourth-order valence-corrected chi connectivity index (χ4v) is 4.18. The molecule has 2 rings (SSSR count). The highest BCUT2D eigenvalue weighted by atomic mass is 15.1. The molecule has 0 fully saturated rings. The van der Waals surface area contributed by atoms with Crippen LogP contribution in [0.5, 0.6) is 0 Å². The molecule has 22 heavy (non-hydrogen) atoms. The molecule has 0 aliphatic carbocycles. The molecule has 2 aromatic carbocycles. The lowest BCUT2D eigenvalue weighted by Crippen LogP contribution is -2.16.